The van der Waals surface area contributed by atoms with Crippen molar-refractivity contribution in [3.63, 3.8) is 0 Å². The van der Waals surface area contributed by atoms with E-state index in [1.54, 1.807) is 6.07 Å². The number of allylic oxidation sites excluding steroid dienone is 1. The van der Waals surface area contributed by atoms with Crippen LogP contribution in [0.1, 0.15) is 30.4 Å². The quantitative estimate of drug-likeness (QED) is 0.410. The number of nitrogens with two attached hydrogens (primary N) is 1. The van der Waals surface area contributed by atoms with Gasteiger partial charge >= 0.3 is 0 Å². The minimum absolute atomic E-state index is 0.00317. The van der Waals surface area contributed by atoms with Crippen LogP contribution in [0.2, 0.25) is 5.02 Å². The van der Waals surface area contributed by atoms with Gasteiger partial charge in [-0.25, -0.2) is 0 Å². The van der Waals surface area contributed by atoms with E-state index in [2.05, 4.69) is 16.3 Å². The maximum Gasteiger partial charge on any atom is 0.288 e. The molecule has 0 amide bonds. The molecule has 1 aliphatic heterocycles. The number of nitro benzene ring substituents is 1. The minimum Gasteiger partial charge on any atom is -0.494 e. The van der Waals surface area contributed by atoms with Crippen LogP contribution >= 0.6 is 11.6 Å². The highest BCUT2D eigenvalue weighted by molar-refractivity contribution is 6.32. The maximum atomic E-state index is 11.4. The van der Waals surface area contributed by atoms with Crippen molar-refractivity contribution < 1.29 is 14.4 Å². The van der Waals surface area contributed by atoms with E-state index in [9.17, 15) is 15.4 Å². The molecule has 1 unspecified atom stereocenters. The molecule has 4 rings (SSSR count). The van der Waals surface area contributed by atoms with Crippen molar-refractivity contribution in [3.8, 4) is 29.0 Å². The number of hydrogen-bond donors (Lipinski definition) is 2. The molecular formula is C22H18ClN5O4. The van der Waals surface area contributed by atoms with Gasteiger partial charge in [0.2, 0.25) is 11.8 Å². The Kier molecular flexibility index (Phi) is 5.71. The van der Waals surface area contributed by atoms with Crippen LogP contribution in [-0.2, 0) is 0 Å². The van der Waals surface area contributed by atoms with E-state index in [-0.39, 0.29) is 28.0 Å². The van der Waals surface area contributed by atoms with Crippen LogP contribution in [0.25, 0.3) is 11.3 Å². The molecule has 0 fully saturated rings. The number of nitriles is 1. The number of hydrogen-bond acceptors (Lipinski definition) is 7. The van der Waals surface area contributed by atoms with Crippen LogP contribution in [-0.4, -0.2) is 21.7 Å². The lowest BCUT2D eigenvalue weighted by atomic mass is 9.83. The fourth-order valence-electron chi connectivity index (χ4n) is 3.59. The number of rotatable bonds is 6. The number of ether oxygens (including phenoxy) is 2. The van der Waals surface area contributed by atoms with Gasteiger partial charge in [0, 0.05) is 11.6 Å². The number of benzene rings is 2. The molecule has 0 bridgehead atoms. The normalized spacial score (nSPS) is 15.0. The number of nitrogens with one attached hydrogen (secondary N) is 1. The van der Waals surface area contributed by atoms with Crippen molar-refractivity contribution in [2.45, 2.75) is 19.3 Å². The molecule has 9 nitrogen and oxygen atoms in total. The van der Waals surface area contributed by atoms with Crippen molar-refractivity contribution in [2.75, 3.05) is 6.61 Å². The van der Waals surface area contributed by atoms with E-state index >= 15 is 0 Å². The molecule has 0 saturated heterocycles. The fourth-order valence-corrected chi connectivity index (χ4v) is 3.77. The van der Waals surface area contributed by atoms with E-state index in [1.165, 1.54) is 12.1 Å². The first-order valence-electron chi connectivity index (χ1n) is 9.77. The lowest BCUT2D eigenvalue weighted by Gasteiger charge is -2.24. The topological polar surface area (TPSA) is 140 Å². The zero-order chi connectivity index (χ0) is 22.8. The van der Waals surface area contributed by atoms with Crippen LogP contribution in [0.4, 0.5) is 5.69 Å². The summed E-state index contributed by atoms with van der Waals surface area (Å²) in [6, 6.07) is 13.8. The Morgan fingerprint density at radius 3 is 2.75 bits per heavy atom. The average molecular weight is 452 g/mol. The average Bonchev–Trinajstić information content (AvgIpc) is 3.20. The van der Waals surface area contributed by atoms with Crippen LogP contribution in [0.15, 0.2) is 53.9 Å². The molecule has 0 spiro atoms. The van der Waals surface area contributed by atoms with Crippen molar-refractivity contribution >= 4 is 17.3 Å². The van der Waals surface area contributed by atoms with Crippen LogP contribution in [0.5, 0.6) is 11.6 Å². The summed E-state index contributed by atoms with van der Waals surface area (Å²) >= 11 is 5.99. The van der Waals surface area contributed by atoms with Gasteiger partial charge in [0.05, 0.1) is 28.7 Å². The molecule has 0 radical (unpaired) electrons. The molecule has 0 aliphatic carbocycles. The van der Waals surface area contributed by atoms with Crippen LogP contribution in [0.3, 0.4) is 0 Å². The molecule has 2 aromatic carbocycles. The summed E-state index contributed by atoms with van der Waals surface area (Å²) in [5.41, 5.74) is 8.23. The fraction of sp³-hybridized carbons (Fsp3) is 0.182. The second-order valence-electron chi connectivity index (χ2n) is 7.08. The lowest BCUT2D eigenvalue weighted by Crippen LogP contribution is -2.21. The lowest BCUT2D eigenvalue weighted by molar-refractivity contribution is -0.384. The monoisotopic (exact) mass is 451 g/mol. The zero-order valence-corrected chi connectivity index (χ0v) is 17.7. The molecular weight excluding hydrogens is 434 g/mol. The molecule has 32 heavy (non-hydrogen) atoms. The van der Waals surface area contributed by atoms with Crippen molar-refractivity contribution in [1.82, 2.24) is 10.2 Å². The summed E-state index contributed by atoms with van der Waals surface area (Å²) in [5, 5.41) is 28.4. The van der Waals surface area contributed by atoms with Gasteiger partial charge in [-0.1, -0.05) is 24.6 Å². The number of aromatic amines is 1. The molecule has 3 aromatic rings. The number of nitro groups is 1. The van der Waals surface area contributed by atoms with Crippen molar-refractivity contribution in [2.24, 2.45) is 5.73 Å². The highest BCUT2D eigenvalue weighted by Gasteiger charge is 2.36. The van der Waals surface area contributed by atoms with E-state index in [0.717, 1.165) is 17.7 Å². The Bertz CT molecular complexity index is 1260. The number of halogens is 1. The molecule has 2 heterocycles. The highest BCUT2D eigenvalue weighted by atomic mass is 35.5. The van der Waals surface area contributed by atoms with Gasteiger partial charge < -0.3 is 15.2 Å². The van der Waals surface area contributed by atoms with Crippen molar-refractivity contribution in [3.05, 3.63) is 80.2 Å². The summed E-state index contributed by atoms with van der Waals surface area (Å²) in [7, 11) is 0. The smallest absolute Gasteiger partial charge is 0.288 e. The number of fused-ring (bicyclic) bond motifs is 1. The number of nitrogens with zero attached hydrogens (tertiary/aromatic N) is 3. The summed E-state index contributed by atoms with van der Waals surface area (Å²) in [4.78, 5) is 10.9. The molecule has 1 aromatic heterocycles. The summed E-state index contributed by atoms with van der Waals surface area (Å²) in [6.07, 6.45) is 0.896. The zero-order valence-electron chi connectivity index (χ0n) is 17.0. The standard InChI is InChI=1S/C22H18ClN5O4/c1-2-9-31-14-6-3-12(4-7-14)20-19-18(13-5-8-16(23)17(10-13)28(29)30)15(11-24)21(25)32-22(19)27-26-20/h3-8,10,18H,2,9,25H2,1H3,(H,26,27). The third-order valence-electron chi connectivity index (χ3n) is 5.05. The molecule has 10 heteroatoms. The second-order valence-corrected chi connectivity index (χ2v) is 7.49. The van der Waals surface area contributed by atoms with Gasteiger partial charge in [-0.3, -0.25) is 15.2 Å². The van der Waals surface area contributed by atoms with Crippen molar-refractivity contribution in [1.29, 1.82) is 5.26 Å². The van der Waals surface area contributed by atoms with Gasteiger partial charge in [-0.15, -0.1) is 5.10 Å². The Balaban J connectivity index is 1.85. The Hall–Kier alpha value is -4.03. The van der Waals surface area contributed by atoms with Gasteiger partial charge in [0.1, 0.15) is 22.4 Å². The molecule has 0 saturated carbocycles. The van der Waals surface area contributed by atoms with E-state index < -0.39 is 10.8 Å². The summed E-state index contributed by atoms with van der Waals surface area (Å²) < 4.78 is 11.2. The first-order chi connectivity index (χ1) is 15.4. The minimum atomic E-state index is -0.732. The maximum absolute atomic E-state index is 11.4. The van der Waals surface area contributed by atoms with Crippen LogP contribution in [0, 0.1) is 21.4 Å². The predicted molar refractivity (Wildman–Crippen MR) is 117 cm³/mol. The molecule has 3 N–H and O–H groups in total. The SMILES string of the molecule is CCCOc1ccc(-c2[nH]nc3c2C(c2ccc(Cl)c([N+](=O)[O-])c2)C(C#N)=C(N)O3)cc1. The van der Waals surface area contributed by atoms with E-state index in [1.807, 2.05) is 31.2 Å². The summed E-state index contributed by atoms with van der Waals surface area (Å²) in [5.74, 6) is 0.0887. The highest BCUT2D eigenvalue weighted by Crippen LogP contribution is 2.46. The first kappa shape index (κ1) is 21.2. The Labute approximate surface area is 188 Å². The first-order valence-corrected chi connectivity index (χ1v) is 10.1. The molecule has 1 atom stereocenters. The van der Waals surface area contributed by atoms with Gasteiger partial charge in [-0.05, 0) is 42.3 Å². The number of aromatic nitrogens is 2. The van der Waals surface area contributed by atoms with Gasteiger partial charge in [0.15, 0.2) is 0 Å². The third kappa shape index (κ3) is 3.72. The summed E-state index contributed by atoms with van der Waals surface area (Å²) in [6.45, 7) is 2.64. The Morgan fingerprint density at radius 1 is 1.34 bits per heavy atom. The third-order valence-corrected chi connectivity index (χ3v) is 5.37. The molecule has 1 aliphatic rings. The van der Waals surface area contributed by atoms with E-state index in [0.29, 0.717) is 23.4 Å². The predicted octanol–water partition coefficient (Wildman–Crippen LogP) is 4.65. The second kappa shape index (κ2) is 8.61. The van der Waals surface area contributed by atoms with Gasteiger partial charge in [0.25, 0.3) is 5.69 Å². The number of H-pyrrole nitrogens is 1. The van der Waals surface area contributed by atoms with E-state index in [4.69, 9.17) is 26.8 Å². The largest absolute Gasteiger partial charge is 0.494 e. The van der Waals surface area contributed by atoms with Crippen LogP contribution < -0.4 is 15.2 Å². The van der Waals surface area contributed by atoms with Gasteiger partial charge in [-0.2, -0.15) is 5.26 Å². The molecule has 162 valence electrons. The Morgan fingerprint density at radius 2 is 2.09 bits per heavy atom.